The van der Waals surface area contributed by atoms with Crippen molar-refractivity contribution in [3.63, 3.8) is 0 Å². The number of anilines is 1. The number of nitrogen functional groups attached to an aromatic ring is 1. The summed E-state index contributed by atoms with van der Waals surface area (Å²) in [6, 6.07) is 11.8. The zero-order chi connectivity index (χ0) is 10.4. The molecule has 0 radical (unpaired) electrons. The summed E-state index contributed by atoms with van der Waals surface area (Å²) in [4.78, 5) is 3.29. The van der Waals surface area contributed by atoms with Gasteiger partial charge in [-0.3, -0.25) is 0 Å². The lowest BCUT2D eigenvalue weighted by Gasteiger charge is -1.96. The Labute approximate surface area is 91.6 Å². The van der Waals surface area contributed by atoms with E-state index in [2.05, 4.69) is 11.1 Å². The number of aromatic nitrogens is 1. The molecule has 15 heavy (non-hydrogen) atoms. The average Bonchev–Trinajstić information content (AvgIpc) is 2.57. The third kappa shape index (κ3) is 1.18. The molecule has 3 aromatic rings. The minimum Gasteiger partial charge on any atom is -0.399 e. The van der Waals surface area contributed by atoms with E-state index in [0.29, 0.717) is 10.7 Å². The van der Waals surface area contributed by atoms with Gasteiger partial charge in [0.25, 0.3) is 0 Å². The SMILES string of the molecule is Nc1cc(Cl)c2[nH]c3ccccc3c2c1. The van der Waals surface area contributed by atoms with Gasteiger partial charge in [0.1, 0.15) is 0 Å². The topological polar surface area (TPSA) is 41.8 Å². The molecule has 0 atom stereocenters. The molecule has 0 fully saturated rings. The van der Waals surface area contributed by atoms with E-state index in [9.17, 15) is 0 Å². The maximum absolute atomic E-state index is 6.12. The number of rotatable bonds is 0. The number of H-pyrrole nitrogens is 1. The van der Waals surface area contributed by atoms with Crippen LogP contribution in [0.5, 0.6) is 0 Å². The number of aromatic amines is 1. The van der Waals surface area contributed by atoms with Crippen LogP contribution in [0.4, 0.5) is 5.69 Å². The second-order valence-electron chi connectivity index (χ2n) is 3.60. The number of hydrogen-bond acceptors (Lipinski definition) is 1. The smallest absolute Gasteiger partial charge is 0.0667 e. The highest BCUT2D eigenvalue weighted by atomic mass is 35.5. The Morgan fingerprint density at radius 3 is 2.73 bits per heavy atom. The highest BCUT2D eigenvalue weighted by molar-refractivity contribution is 6.36. The Balaban J connectivity index is 2.61. The molecule has 74 valence electrons. The second kappa shape index (κ2) is 2.91. The molecule has 3 N–H and O–H groups in total. The Morgan fingerprint density at radius 1 is 1.07 bits per heavy atom. The van der Waals surface area contributed by atoms with Gasteiger partial charge in [0.15, 0.2) is 0 Å². The van der Waals surface area contributed by atoms with Crippen LogP contribution in [0.15, 0.2) is 36.4 Å². The summed E-state index contributed by atoms with van der Waals surface area (Å²) >= 11 is 6.12. The zero-order valence-electron chi connectivity index (χ0n) is 7.92. The number of nitrogens with two attached hydrogens (primary N) is 1. The van der Waals surface area contributed by atoms with Crippen LogP contribution in [0.1, 0.15) is 0 Å². The van der Waals surface area contributed by atoms with Gasteiger partial charge in [-0.05, 0) is 18.2 Å². The van der Waals surface area contributed by atoms with Gasteiger partial charge in [0.2, 0.25) is 0 Å². The molecule has 1 heterocycles. The van der Waals surface area contributed by atoms with Crippen molar-refractivity contribution in [2.24, 2.45) is 0 Å². The van der Waals surface area contributed by atoms with Gasteiger partial charge in [-0.15, -0.1) is 0 Å². The van der Waals surface area contributed by atoms with Crippen molar-refractivity contribution in [1.29, 1.82) is 0 Å². The molecule has 3 rings (SSSR count). The van der Waals surface area contributed by atoms with Crippen LogP contribution in [0.2, 0.25) is 5.02 Å². The van der Waals surface area contributed by atoms with E-state index >= 15 is 0 Å². The maximum atomic E-state index is 6.12. The molecule has 3 heteroatoms. The Morgan fingerprint density at radius 2 is 1.87 bits per heavy atom. The van der Waals surface area contributed by atoms with Gasteiger partial charge in [-0.2, -0.15) is 0 Å². The minimum atomic E-state index is 0.668. The van der Waals surface area contributed by atoms with E-state index in [4.69, 9.17) is 17.3 Å². The van der Waals surface area contributed by atoms with E-state index in [1.54, 1.807) is 6.07 Å². The van der Waals surface area contributed by atoms with Crippen LogP contribution >= 0.6 is 11.6 Å². The Bertz CT molecular complexity index is 655. The number of halogens is 1. The largest absolute Gasteiger partial charge is 0.399 e. The molecule has 1 aromatic heterocycles. The van der Waals surface area contributed by atoms with E-state index in [0.717, 1.165) is 21.8 Å². The Kier molecular flexibility index (Phi) is 1.67. The number of fused-ring (bicyclic) bond motifs is 3. The molecule has 0 unspecified atom stereocenters. The average molecular weight is 217 g/mol. The minimum absolute atomic E-state index is 0.668. The van der Waals surface area contributed by atoms with Crippen LogP contribution in [0, 0.1) is 0 Å². The lowest BCUT2D eigenvalue weighted by molar-refractivity contribution is 1.54. The first kappa shape index (κ1) is 8.62. The van der Waals surface area contributed by atoms with Crippen molar-refractivity contribution < 1.29 is 0 Å². The molecule has 0 amide bonds. The molecule has 0 saturated heterocycles. The molecule has 2 aromatic carbocycles. The number of benzene rings is 2. The van der Waals surface area contributed by atoms with Gasteiger partial charge >= 0.3 is 0 Å². The standard InChI is InChI=1S/C12H9ClN2/c13-10-6-7(14)5-9-8-3-1-2-4-11(8)15-12(9)10/h1-6,15H,14H2. The van der Waals surface area contributed by atoms with Crippen LogP contribution in [-0.4, -0.2) is 4.98 Å². The summed E-state index contributed by atoms with van der Waals surface area (Å²) in [5.41, 5.74) is 8.50. The molecule has 0 bridgehead atoms. The normalized spacial score (nSPS) is 11.3. The zero-order valence-corrected chi connectivity index (χ0v) is 8.68. The number of para-hydroxylation sites is 1. The first-order chi connectivity index (χ1) is 7.25. The lowest BCUT2D eigenvalue weighted by Crippen LogP contribution is -1.83. The Hall–Kier alpha value is -1.67. The van der Waals surface area contributed by atoms with Gasteiger partial charge in [0, 0.05) is 22.0 Å². The van der Waals surface area contributed by atoms with Crippen LogP contribution in [0.25, 0.3) is 21.8 Å². The molecule has 0 aliphatic carbocycles. The summed E-state index contributed by atoms with van der Waals surface area (Å²) in [6.45, 7) is 0. The first-order valence-corrected chi connectivity index (χ1v) is 5.09. The molecular formula is C12H9ClN2. The quantitative estimate of drug-likeness (QED) is 0.555. The lowest BCUT2D eigenvalue weighted by atomic mass is 10.1. The summed E-state index contributed by atoms with van der Waals surface area (Å²) in [5, 5.41) is 2.90. The predicted octanol–water partition coefficient (Wildman–Crippen LogP) is 3.56. The van der Waals surface area contributed by atoms with Gasteiger partial charge in [-0.1, -0.05) is 29.8 Å². The van der Waals surface area contributed by atoms with Crippen molar-refractivity contribution in [3.05, 3.63) is 41.4 Å². The highest BCUT2D eigenvalue weighted by Crippen LogP contribution is 2.31. The fourth-order valence-electron chi connectivity index (χ4n) is 1.93. The maximum Gasteiger partial charge on any atom is 0.0667 e. The fourth-order valence-corrected chi connectivity index (χ4v) is 2.20. The van der Waals surface area contributed by atoms with Crippen LogP contribution in [-0.2, 0) is 0 Å². The molecule has 0 aliphatic heterocycles. The number of hydrogen-bond donors (Lipinski definition) is 2. The van der Waals surface area contributed by atoms with E-state index in [-0.39, 0.29) is 0 Å². The van der Waals surface area contributed by atoms with E-state index in [1.165, 1.54) is 0 Å². The van der Waals surface area contributed by atoms with Gasteiger partial charge in [0.05, 0.1) is 10.5 Å². The fraction of sp³-hybridized carbons (Fsp3) is 0. The summed E-state index contributed by atoms with van der Waals surface area (Å²) in [7, 11) is 0. The highest BCUT2D eigenvalue weighted by Gasteiger charge is 2.07. The van der Waals surface area contributed by atoms with E-state index in [1.807, 2.05) is 24.3 Å². The summed E-state index contributed by atoms with van der Waals surface area (Å²) in [5.74, 6) is 0. The van der Waals surface area contributed by atoms with Crippen molar-refractivity contribution in [2.45, 2.75) is 0 Å². The summed E-state index contributed by atoms with van der Waals surface area (Å²) in [6.07, 6.45) is 0. The third-order valence-electron chi connectivity index (χ3n) is 2.59. The monoisotopic (exact) mass is 216 g/mol. The van der Waals surface area contributed by atoms with E-state index < -0.39 is 0 Å². The van der Waals surface area contributed by atoms with Crippen LogP contribution in [0.3, 0.4) is 0 Å². The summed E-state index contributed by atoms with van der Waals surface area (Å²) < 4.78 is 0. The van der Waals surface area contributed by atoms with Crippen molar-refractivity contribution in [2.75, 3.05) is 5.73 Å². The van der Waals surface area contributed by atoms with Crippen LogP contribution < -0.4 is 5.73 Å². The second-order valence-corrected chi connectivity index (χ2v) is 4.00. The van der Waals surface area contributed by atoms with Gasteiger partial charge < -0.3 is 10.7 Å². The van der Waals surface area contributed by atoms with Crippen molar-refractivity contribution in [1.82, 2.24) is 4.98 Å². The predicted molar refractivity (Wildman–Crippen MR) is 65.2 cm³/mol. The number of nitrogens with one attached hydrogen (secondary N) is 1. The molecule has 0 saturated carbocycles. The molecule has 2 nitrogen and oxygen atoms in total. The third-order valence-corrected chi connectivity index (χ3v) is 2.89. The van der Waals surface area contributed by atoms with Crippen molar-refractivity contribution in [3.8, 4) is 0 Å². The van der Waals surface area contributed by atoms with Gasteiger partial charge in [-0.25, -0.2) is 0 Å². The first-order valence-electron chi connectivity index (χ1n) is 4.71. The molecular weight excluding hydrogens is 208 g/mol. The molecule has 0 spiro atoms. The van der Waals surface area contributed by atoms with Crippen molar-refractivity contribution >= 4 is 39.1 Å². The molecule has 0 aliphatic rings.